The van der Waals surface area contributed by atoms with Crippen LogP contribution in [0.15, 0.2) is 50.7 Å². The summed E-state index contributed by atoms with van der Waals surface area (Å²) in [4.78, 5) is 45.9. The quantitative estimate of drug-likeness (QED) is 0.330. The van der Waals surface area contributed by atoms with Gasteiger partial charge in [0.25, 0.3) is 5.56 Å². The average Bonchev–Trinajstić information content (AvgIpc) is 3.57. The zero-order chi connectivity index (χ0) is 26.8. The van der Waals surface area contributed by atoms with E-state index in [4.69, 9.17) is 13.9 Å². The molecule has 1 aromatic carbocycles. The number of nitrogens with one attached hydrogen (secondary N) is 1. The number of nitrogens with zero attached hydrogens (tertiary/aromatic N) is 3. The maximum atomic E-state index is 14.0. The first-order valence-corrected chi connectivity index (χ1v) is 13.1. The number of rotatable bonds is 9. The number of thiophene rings is 1. The third-order valence-corrected chi connectivity index (χ3v) is 7.98. The number of hydrogen-bond acceptors (Lipinski definition) is 9. The summed E-state index contributed by atoms with van der Waals surface area (Å²) in [5, 5.41) is 12.6. The standard InChI is InChI=1S/C26H28N4O7S/c1-15-20-24(33)30(17-7-5-9-27-22(17)32)26(34)29(25(20)38-21(15)23-28-10-12-37-23)14-19(36-13-11-31)16-6-3-4-8-18(16)35-2/h3-4,6,8,10,12,17,19,31H,5,7,9,11,13-14H2,1-2H3,(H,27,32)/t17-,19-/m0/s1. The molecule has 2 N–H and O–H groups in total. The molecule has 200 valence electrons. The molecule has 0 radical (unpaired) electrons. The van der Waals surface area contributed by atoms with Crippen molar-refractivity contribution in [3.05, 3.63) is 68.7 Å². The number of methoxy groups -OCH3 is 1. The van der Waals surface area contributed by atoms with Crippen molar-refractivity contribution in [1.29, 1.82) is 0 Å². The molecule has 4 heterocycles. The molecule has 2 atom stereocenters. The first-order valence-electron chi connectivity index (χ1n) is 12.3. The van der Waals surface area contributed by atoms with Crippen LogP contribution >= 0.6 is 11.3 Å². The van der Waals surface area contributed by atoms with Crippen molar-refractivity contribution in [2.24, 2.45) is 0 Å². The Bertz CT molecular complexity index is 1570. The van der Waals surface area contributed by atoms with Gasteiger partial charge in [0, 0.05) is 12.1 Å². The van der Waals surface area contributed by atoms with Crippen LogP contribution in [-0.4, -0.2) is 52.0 Å². The molecule has 1 saturated heterocycles. The van der Waals surface area contributed by atoms with E-state index in [0.29, 0.717) is 57.2 Å². The van der Waals surface area contributed by atoms with Crippen LogP contribution in [0.1, 0.15) is 36.1 Å². The van der Waals surface area contributed by atoms with Crippen LogP contribution < -0.4 is 21.3 Å². The Balaban J connectivity index is 1.75. The molecule has 1 aliphatic rings. The van der Waals surface area contributed by atoms with Crippen LogP contribution in [-0.2, 0) is 16.1 Å². The van der Waals surface area contributed by atoms with E-state index < -0.39 is 23.4 Å². The Kier molecular flexibility index (Phi) is 7.45. The fraction of sp³-hybridized carbons (Fsp3) is 0.385. The van der Waals surface area contributed by atoms with Gasteiger partial charge in [0.15, 0.2) is 0 Å². The second-order valence-corrected chi connectivity index (χ2v) is 9.92. The molecule has 5 rings (SSSR count). The minimum atomic E-state index is -0.924. The van der Waals surface area contributed by atoms with E-state index in [2.05, 4.69) is 10.3 Å². The number of aromatic nitrogens is 3. The molecule has 4 aromatic rings. The van der Waals surface area contributed by atoms with Gasteiger partial charge in [-0.25, -0.2) is 14.3 Å². The van der Waals surface area contributed by atoms with Gasteiger partial charge in [-0.3, -0.25) is 14.2 Å². The second kappa shape index (κ2) is 10.9. The Morgan fingerprint density at radius 1 is 1.29 bits per heavy atom. The molecule has 12 heteroatoms. The minimum absolute atomic E-state index is 0.00923. The molecule has 11 nitrogen and oxygen atoms in total. The largest absolute Gasteiger partial charge is 0.496 e. The molecule has 38 heavy (non-hydrogen) atoms. The van der Waals surface area contributed by atoms with Crippen LogP contribution in [0.3, 0.4) is 0 Å². The van der Waals surface area contributed by atoms with Crippen molar-refractivity contribution in [1.82, 2.24) is 19.4 Å². The Morgan fingerprint density at radius 2 is 2.11 bits per heavy atom. The third kappa shape index (κ3) is 4.55. The van der Waals surface area contributed by atoms with E-state index in [1.807, 2.05) is 18.2 Å². The van der Waals surface area contributed by atoms with Gasteiger partial charge in [-0.2, -0.15) is 0 Å². The number of aliphatic hydroxyl groups excluding tert-OH is 1. The van der Waals surface area contributed by atoms with Gasteiger partial charge in [0.05, 0.1) is 43.3 Å². The maximum Gasteiger partial charge on any atom is 0.332 e. The summed E-state index contributed by atoms with van der Waals surface area (Å²) in [6.45, 7) is 2.09. The molecule has 0 saturated carbocycles. The molecule has 1 fully saturated rings. The molecule has 0 bridgehead atoms. The number of fused-ring (bicyclic) bond motifs is 1. The Labute approximate surface area is 221 Å². The van der Waals surface area contributed by atoms with Crippen LogP contribution in [0, 0.1) is 6.92 Å². The zero-order valence-corrected chi connectivity index (χ0v) is 21.8. The topological polar surface area (TPSA) is 138 Å². The summed E-state index contributed by atoms with van der Waals surface area (Å²) in [5.41, 5.74) is 0.149. The third-order valence-electron chi connectivity index (χ3n) is 6.68. The van der Waals surface area contributed by atoms with Crippen molar-refractivity contribution >= 4 is 27.5 Å². The number of aliphatic hydroxyl groups is 1. The number of benzene rings is 1. The van der Waals surface area contributed by atoms with Gasteiger partial charge in [-0.15, -0.1) is 11.3 Å². The first kappa shape index (κ1) is 25.9. The van der Waals surface area contributed by atoms with Crippen molar-refractivity contribution in [2.45, 2.75) is 38.5 Å². The summed E-state index contributed by atoms with van der Waals surface area (Å²) in [5.74, 6) is 0.532. The molecular weight excluding hydrogens is 512 g/mol. The summed E-state index contributed by atoms with van der Waals surface area (Å²) in [6.07, 6.45) is 3.28. The Hall–Kier alpha value is -3.74. The summed E-state index contributed by atoms with van der Waals surface area (Å²) in [6, 6.07) is 6.34. The van der Waals surface area contributed by atoms with Crippen LogP contribution in [0.5, 0.6) is 5.75 Å². The molecule has 1 amide bonds. The van der Waals surface area contributed by atoms with Gasteiger partial charge < -0.3 is 24.3 Å². The van der Waals surface area contributed by atoms with E-state index in [1.165, 1.54) is 28.4 Å². The lowest BCUT2D eigenvalue weighted by atomic mass is 10.1. The number of aryl methyl sites for hydroxylation is 1. The first-order chi connectivity index (χ1) is 18.5. The molecule has 0 aliphatic carbocycles. The Morgan fingerprint density at radius 3 is 2.82 bits per heavy atom. The number of carbonyl (C=O) groups is 1. The molecule has 0 spiro atoms. The van der Waals surface area contributed by atoms with Crippen LogP contribution in [0.25, 0.3) is 21.0 Å². The predicted octanol–water partition coefficient (Wildman–Crippen LogP) is 2.40. The maximum absolute atomic E-state index is 14.0. The highest BCUT2D eigenvalue weighted by Gasteiger charge is 2.31. The lowest BCUT2D eigenvalue weighted by Gasteiger charge is -2.25. The second-order valence-electron chi connectivity index (χ2n) is 8.92. The van der Waals surface area contributed by atoms with Crippen LogP contribution in [0.2, 0.25) is 0 Å². The molecular formula is C26H28N4O7S. The number of hydrogen-bond donors (Lipinski definition) is 2. The normalized spacial score (nSPS) is 16.5. The fourth-order valence-electron chi connectivity index (χ4n) is 4.88. The van der Waals surface area contributed by atoms with Gasteiger partial charge in [0.1, 0.15) is 29.0 Å². The van der Waals surface area contributed by atoms with Crippen molar-refractivity contribution < 1.29 is 23.8 Å². The smallest absolute Gasteiger partial charge is 0.332 e. The van der Waals surface area contributed by atoms with Crippen molar-refractivity contribution in [2.75, 3.05) is 26.9 Å². The number of para-hydroxylation sites is 1. The highest BCUT2D eigenvalue weighted by atomic mass is 32.1. The lowest BCUT2D eigenvalue weighted by Crippen LogP contribution is -2.49. The number of amides is 1. The number of ether oxygens (including phenoxy) is 2. The van der Waals surface area contributed by atoms with Gasteiger partial charge in [-0.1, -0.05) is 18.2 Å². The van der Waals surface area contributed by atoms with E-state index in [0.717, 1.165) is 4.57 Å². The average molecular weight is 541 g/mol. The van der Waals surface area contributed by atoms with Gasteiger partial charge >= 0.3 is 5.69 Å². The summed E-state index contributed by atoms with van der Waals surface area (Å²) < 4.78 is 19.6. The summed E-state index contributed by atoms with van der Waals surface area (Å²) >= 11 is 1.22. The molecule has 0 unspecified atom stereocenters. The van der Waals surface area contributed by atoms with E-state index in [-0.39, 0.29) is 25.7 Å². The highest BCUT2D eigenvalue weighted by Crippen LogP contribution is 2.37. The van der Waals surface area contributed by atoms with Crippen LogP contribution in [0.4, 0.5) is 0 Å². The van der Waals surface area contributed by atoms with Gasteiger partial charge in [0.2, 0.25) is 11.8 Å². The monoisotopic (exact) mass is 540 g/mol. The molecule has 1 aliphatic heterocycles. The number of oxazole rings is 1. The number of piperidine rings is 1. The SMILES string of the molecule is COc1ccccc1[C@H](Cn1c(=O)n([C@H]2CCCNC2=O)c(=O)c2c(C)c(-c3ncco3)sc21)OCCO. The van der Waals surface area contributed by atoms with E-state index in [9.17, 15) is 19.5 Å². The summed E-state index contributed by atoms with van der Waals surface area (Å²) in [7, 11) is 1.54. The van der Waals surface area contributed by atoms with E-state index in [1.54, 1.807) is 20.1 Å². The minimum Gasteiger partial charge on any atom is -0.496 e. The highest BCUT2D eigenvalue weighted by molar-refractivity contribution is 7.22. The van der Waals surface area contributed by atoms with Crippen molar-refractivity contribution in [3.8, 4) is 16.5 Å². The fourth-order valence-corrected chi connectivity index (χ4v) is 6.12. The van der Waals surface area contributed by atoms with Gasteiger partial charge in [-0.05, 0) is 31.4 Å². The number of carbonyl (C=O) groups excluding carboxylic acids is 1. The lowest BCUT2D eigenvalue weighted by molar-refractivity contribution is -0.126. The zero-order valence-electron chi connectivity index (χ0n) is 21.0. The van der Waals surface area contributed by atoms with Crippen molar-refractivity contribution in [3.63, 3.8) is 0 Å². The molecule has 3 aromatic heterocycles. The van der Waals surface area contributed by atoms with E-state index >= 15 is 0 Å². The predicted molar refractivity (Wildman–Crippen MR) is 141 cm³/mol.